The van der Waals surface area contributed by atoms with Crippen molar-refractivity contribution in [1.82, 2.24) is 0 Å². The minimum atomic E-state index is -0.288. The molecule has 0 spiro atoms. The molecule has 7 heteroatoms. The van der Waals surface area contributed by atoms with Crippen molar-refractivity contribution in [1.29, 1.82) is 0 Å². The molecule has 1 saturated heterocycles. The van der Waals surface area contributed by atoms with E-state index in [-0.39, 0.29) is 51.1 Å². The lowest BCUT2D eigenvalue weighted by Crippen LogP contribution is -2.37. The van der Waals surface area contributed by atoms with Crippen LogP contribution in [0.4, 0.5) is 5.69 Å². The molecular formula is C21H23Br2NO4. The summed E-state index contributed by atoms with van der Waals surface area (Å²) >= 11 is 7.40. The van der Waals surface area contributed by atoms with Gasteiger partial charge in [-0.3, -0.25) is 14.4 Å². The number of hydrogen-bond acceptors (Lipinski definition) is 4. The number of nitrogens with zero attached hydrogens (tertiary/aromatic N) is 1. The van der Waals surface area contributed by atoms with Gasteiger partial charge in [0.2, 0.25) is 11.8 Å². The number of rotatable bonds is 6. The summed E-state index contributed by atoms with van der Waals surface area (Å²) in [6.07, 6.45) is 4.09. The number of alkyl halides is 2. The van der Waals surface area contributed by atoms with Gasteiger partial charge in [0.15, 0.2) is 0 Å². The fraction of sp³-hybridized carbons (Fsp3) is 0.571. The second kappa shape index (κ2) is 7.90. The maximum absolute atomic E-state index is 13.1. The molecule has 1 aromatic rings. The second-order valence-corrected chi connectivity index (χ2v) is 10.1. The Balaban J connectivity index is 1.52. The summed E-state index contributed by atoms with van der Waals surface area (Å²) in [5.74, 6) is -0.316. The number of ether oxygens (including phenoxy) is 1. The van der Waals surface area contributed by atoms with Crippen LogP contribution in [0.25, 0.3) is 0 Å². The van der Waals surface area contributed by atoms with Gasteiger partial charge < -0.3 is 4.74 Å². The molecule has 0 aromatic heterocycles. The first-order valence-electron chi connectivity index (χ1n) is 9.90. The number of amides is 2. The number of hydrogen-bond donors (Lipinski definition) is 0. The third kappa shape index (κ3) is 3.24. The van der Waals surface area contributed by atoms with E-state index in [1.54, 1.807) is 24.3 Å². The highest BCUT2D eigenvalue weighted by Crippen LogP contribution is 2.60. The number of carbonyl (C=O) groups is 3. The summed E-state index contributed by atoms with van der Waals surface area (Å²) in [7, 11) is 0. The molecule has 150 valence electrons. The molecule has 0 N–H and O–H groups in total. The summed E-state index contributed by atoms with van der Waals surface area (Å²) in [4.78, 5) is 39.9. The fourth-order valence-corrected chi connectivity index (χ4v) is 6.86. The normalized spacial score (nSPS) is 33.5. The van der Waals surface area contributed by atoms with Crippen LogP contribution in [0.2, 0.25) is 0 Å². The number of esters is 1. The summed E-state index contributed by atoms with van der Waals surface area (Å²) in [6, 6.07) is 6.74. The highest BCUT2D eigenvalue weighted by molar-refractivity contribution is 9.12. The number of imide groups is 1. The van der Waals surface area contributed by atoms with Crippen molar-refractivity contribution in [3.63, 3.8) is 0 Å². The van der Waals surface area contributed by atoms with Crippen LogP contribution >= 0.6 is 31.9 Å². The third-order valence-corrected chi connectivity index (χ3v) is 9.49. The molecule has 6 atom stereocenters. The van der Waals surface area contributed by atoms with Crippen molar-refractivity contribution in [3.8, 4) is 5.75 Å². The first-order chi connectivity index (χ1) is 13.4. The predicted molar refractivity (Wildman–Crippen MR) is 113 cm³/mol. The number of anilines is 1. The number of carbonyl (C=O) groups excluding carboxylic acids is 3. The van der Waals surface area contributed by atoms with Crippen molar-refractivity contribution in [2.45, 2.75) is 48.7 Å². The molecular weight excluding hydrogens is 490 g/mol. The molecule has 2 aliphatic carbocycles. The second-order valence-electron chi connectivity index (χ2n) is 7.94. The van der Waals surface area contributed by atoms with Gasteiger partial charge in [0.25, 0.3) is 0 Å². The van der Waals surface area contributed by atoms with E-state index < -0.39 is 0 Å². The van der Waals surface area contributed by atoms with Gasteiger partial charge in [-0.1, -0.05) is 57.7 Å². The predicted octanol–water partition coefficient (Wildman–Crippen LogP) is 4.45. The number of halogens is 2. The zero-order valence-corrected chi connectivity index (χ0v) is 18.8. The molecule has 1 aromatic carbocycles. The third-order valence-electron chi connectivity index (χ3n) is 6.28. The highest BCUT2D eigenvalue weighted by Gasteiger charge is 2.66. The molecule has 6 unspecified atom stereocenters. The molecule has 0 radical (unpaired) electrons. The molecule has 3 fully saturated rings. The summed E-state index contributed by atoms with van der Waals surface area (Å²) in [6.45, 7) is 2.08. The van der Waals surface area contributed by atoms with E-state index in [2.05, 4.69) is 38.8 Å². The molecule has 4 rings (SSSR count). The SMILES string of the molecule is CCCCCC(=O)Oc1cccc(N2C(=O)C3C4CC(C(Br)C4Br)C3C2=O)c1. The number of unbranched alkanes of at least 4 members (excludes halogenated alkanes) is 2. The fourth-order valence-electron chi connectivity index (χ4n) is 4.99. The van der Waals surface area contributed by atoms with E-state index >= 15 is 0 Å². The van der Waals surface area contributed by atoms with Crippen LogP contribution in [0.15, 0.2) is 24.3 Å². The average molecular weight is 513 g/mol. The Morgan fingerprint density at radius 3 is 2.36 bits per heavy atom. The summed E-state index contributed by atoms with van der Waals surface area (Å²) in [5, 5.41) is 0. The Morgan fingerprint density at radius 1 is 1.11 bits per heavy atom. The monoisotopic (exact) mass is 511 g/mol. The van der Waals surface area contributed by atoms with Gasteiger partial charge in [0.05, 0.1) is 17.5 Å². The van der Waals surface area contributed by atoms with E-state index in [9.17, 15) is 14.4 Å². The molecule has 2 bridgehead atoms. The van der Waals surface area contributed by atoms with E-state index in [0.29, 0.717) is 17.9 Å². The minimum absolute atomic E-state index is 0.127. The Morgan fingerprint density at radius 2 is 1.75 bits per heavy atom. The van der Waals surface area contributed by atoms with Gasteiger partial charge in [0.1, 0.15) is 5.75 Å². The number of benzene rings is 1. The quantitative estimate of drug-likeness (QED) is 0.186. The lowest BCUT2D eigenvalue weighted by Gasteiger charge is -2.28. The Bertz CT molecular complexity index is 781. The van der Waals surface area contributed by atoms with E-state index in [1.165, 1.54) is 4.90 Å². The van der Waals surface area contributed by atoms with Crippen LogP contribution in [0, 0.1) is 23.7 Å². The minimum Gasteiger partial charge on any atom is -0.426 e. The van der Waals surface area contributed by atoms with Gasteiger partial charge in [0, 0.05) is 22.1 Å². The van der Waals surface area contributed by atoms with Crippen molar-refractivity contribution in [2.24, 2.45) is 23.7 Å². The molecule has 2 saturated carbocycles. The standard InChI is InChI=1S/C21H23Br2NO4/c1-2-3-4-8-15(25)28-12-7-5-6-11(9-12)24-20(26)16-13-10-14(17(16)21(24)27)19(23)18(13)22/h5-7,9,13-14,16-19H,2-4,8,10H2,1H3. The molecule has 3 aliphatic rings. The van der Waals surface area contributed by atoms with Crippen molar-refractivity contribution >= 4 is 55.3 Å². The van der Waals surface area contributed by atoms with E-state index in [1.807, 2.05) is 0 Å². The Labute approximate surface area is 181 Å². The van der Waals surface area contributed by atoms with Gasteiger partial charge in [-0.05, 0) is 36.8 Å². The maximum atomic E-state index is 13.1. The highest BCUT2D eigenvalue weighted by atomic mass is 79.9. The number of fused-ring (bicyclic) bond motifs is 5. The molecule has 5 nitrogen and oxygen atoms in total. The van der Waals surface area contributed by atoms with Crippen LogP contribution in [0.3, 0.4) is 0 Å². The summed E-state index contributed by atoms with van der Waals surface area (Å²) in [5.41, 5.74) is 0.486. The maximum Gasteiger partial charge on any atom is 0.311 e. The molecule has 1 aliphatic heterocycles. The van der Waals surface area contributed by atoms with E-state index in [0.717, 1.165) is 25.7 Å². The zero-order valence-electron chi connectivity index (χ0n) is 15.6. The van der Waals surface area contributed by atoms with Crippen LogP contribution < -0.4 is 9.64 Å². The van der Waals surface area contributed by atoms with Gasteiger partial charge in [-0.2, -0.15) is 0 Å². The lowest BCUT2D eigenvalue weighted by atomic mass is 9.81. The first-order valence-corrected chi connectivity index (χ1v) is 11.7. The lowest BCUT2D eigenvalue weighted by molar-refractivity contribution is -0.134. The van der Waals surface area contributed by atoms with Crippen molar-refractivity contribution < 1.29 is 19.1 Å². The van der Waals surface area contributed by atoms with Crippen LogP contribution in [-0.4, -0.2) is 27.4 Å². The molecule has 1 heterocycles. The zero-order chi connectivity index (χ0) is 20.0. The summed E-state index contributed by atoms with van der Waals surface area (Å²) < 4.78 is 5.41. The smallest absolute Gasteiger partial charge is 0.311 e. The van der Waals surface area contributed by atoms with Gasteiger partial charge in [-0.15, -0.1) is 0 Å². The Hall–Kier alpha value is -1.21. The topological polar surface area (TPSA) is 63.7 Å². The van der Waals surface area contributed by atoms with Gasteiger partial charge >= 0.3 is 5.97 Å². The average Bonchev–Trinajstić information content (AvgIpc) is 3.27. The first kappa shape index (κ1) is 20.1. The van der Waals surface area contributed by atoms with Crippen molar-refractivity contribution in [2.75, 3.05) is 4.90 Å². The molecule has 2 amide bonds. The van der Waals surface area contributed by atoms with Gasteiger partial charge in [-0.25, -0.2) is 4.90 Å². The van der Waals surface area contributed by atoms with Crippen LogP contribution in [-0.2, 0) is 14.4 Å². The van der Waals surface area contributed by atoms with Crippen molar-refractivity contribution in [3.05, 3.63) is 24.3 Å². The van der Waals surface area contributed by atoms with Crippen LogP contribution in [0.1, 0.15) is 39.0 Å². The Kier molecular flexibility index (Phi) is 5.67. The molecule has 28 heavy (non-hydrogen) atoms. The van der Waals surface area contributed by atoms with E-state index in [4.69, 9.17) is 4.74 Å². The van der Waals surface area contributed by atoms with Crippen LogP contribution in [0.5, 0.6) is 5.75 Å². The largest absolute Gasteiger partial charge is 0.426 e.